The summed E-state index contributed by atoms with van der Waals surface area (Å²) in [4.78, 5) is 24.8. The van der Waals surface area contributed by atoms with E-state index in [1.165, 1.54) is 11.8 Å². The van der Waals surface area contributed by atoms with Gasteiger partial charge < -0.3 is 5.32 Å². The number of ketones is 1. The number of nitriles is 1. The SMILES string of the molecule is CSCC(NS(=O)(=O)CC12CCC(CC1=O)C2(C)C)C(=O)NCCC#N. The second kappa shape index (κ2) is 7.87. The van der Waals surface area contributed by atoms with Crippen molar-refractivity contribution in [3.8, 4) is 6.07 Å². The van der Waals surface area contributed by atoms with Gasteiger partial charge in [0.15, 0.2) is 0 Å². The maximum Gasteiger partial charge on any atom is 0.239 e. The van der Waals surface area contributed by atoms with E-state index in [9.17, 15) is 18.0 Å². The molecule has 2 rings (SSSR count). The van der Waals surface area contributed by atoms with E-state index in [2.05, 4.69) is 10.0 Å². The lowest BCUT2D eigenvalue weighted by Gasteiger charge is -2.36. The predicted octanol–water partition coefficient (Wildman–Crippen LogP) is 1.06. The molecule has 0 saturated heterocycles. The number of nitrogens with zero attached hydrogens (tertiary/aromatic N) is 1. The third kappa shape index (κ3) is 3.92. The maximum atomic E-state index is 12.8. The molecule has 0 radical (unpaired) electrons. The van der Waals surface area contributed by atoms with Crippen molar-refractivity contribution in [1.29, 1.82) is 5.26 Å². The van der Waals surface area contributed by atoms with Crippen molar-refractivity contribution < 1.29 is 18.0 Å². The number of thioether (sulfide) groups is 1. The Balaban J connectivity index is 2.12. The van der Waals surface area contributed by atoms with Crippen molar-refractivity contribution in [3.05, 3.63) is 0 Å². The molecule has 7 nitrogen and oxygen atoms in total. The molecule has 9 heteroatoms. The molecule has 0 aromatic rings. The molecule has 2 N–H and O–H groups in total. The monoisotopic (exact) mass is 401 g/mol. The van der Waals surface area contributed by atoms with E-state index in [-0.39, 0.29) is 41.6 Å². The zero-order chi connectivity index (χ0) is 19.6. The summed E-state index contributed by atoms with van der Waals surface area (Å²) < 4.78 is 28.1. The first-order valence-corrected chi connectivity index (χ1v) is 11.8. The molecular weight excluding hydrogens is 374 g/mol. The Morgan fingerprint density at radius 1 is 1.46 bits per heavy atom. The molecule has 0 heterocycles. The Kier molecular flexibility index (Phi) is 6.41. The van der Waals surface area contributed by atoms with Crippen molar-refractivity contribution in [2.24, 2.45) is 16.7 Å². The van der Waals surface area contributed by atoms with Gasteiger partial charge in [-0.15, -0.1) is 0 Å². The van der Waals surface area contributed by atoms with Crippen LogP contribution >= 0.6 is 11.8 Å². The van der Waals surface area contributed by atoms with Gasteiger partial charge in [0.25, 0.3) is 0 Å². The molecule has 0 aromatic carbocycles. The van der Waals surface area contributed by atoms with Crippen molar-refractivity contribution >= 4 is 33.5 Å². The molecular formula is C17H27N3O4S2. The number of carbonyl (C=O) groups excluding carboxylic acids is 2. The van der Waals surface area contributed by atoms with Crippen molar-refractivity contribution in [1.82, 2.24) is 10.0 Å². The largest absolute Gasteiger partial charge is 0.354 e. The van der Waals surface area contributed by atoms with E-state index in [0.29, 0.717) is 12.8 Å². The fourth-order valence-electron chi connectivity index (χ4n) is 4.39. The standard InChI is InChI=1S/C17H27N3O4S2/c1-16(2)12-5-6-17(16,14(21)9-12)11-26(23,24)20-13(10-25-3)15(22)19-8-4-7-18/h12-13,20H,4-6,8-11H2,1-3H3,(H,19,22). The summed E-state index contributed by atoms with van der Waals surface area (Å²) in [5.74, 6) is -0.161. The molecule has 0 aliphatic heterocycles. The minimum atomic E-state index is -3.82. The summed E-state index contributed by atoms with van der Waals surface area (Å²) in [6.45, 7) is 4.15. The average Bonchev–Trinajstić information content (AvgIpc) is 2.88. The van der Waals surface area contributed by atoms with Gasteiger partial charge in [0.05, 0.1) is 18.2 Å². The molecule has 2 fully saturated rings. The Labute approximate surface area is 159 Å². The molecule has 2 aliphatic rings. The van der Waals surface area contributed by atoms with Crippen LogP contribution in [0.1, 0.15) is 39.5 Å². The predicted molar refractivity (Wildman–Crippen MR) is 101 cm³/mol. The van der Waals surface area contributed by atoms with E-state index in [1.807, 2.05) is 19.9 Å². The van der Waals surface area contributed by atoms with E-state index >= 15 is 0 Å². The average molecular weight is 402 g/mol. The van der Waals surface area contributed by atoms with Crippen molar-refractivity contribution in [2.45, 2.75) is 45.6 Å². The summed E-state index contributed by atoms with van der Waals surface area (Å²) in [6, 6.07) is 1.01. The van der Waals surface area contributed by atoms with Crippen LogP contribution in [0.15, 0.2) is 0 Å². The van der Waals surface area contributed by atoms with Gasteiger partial charge in [-0.3, -0.25) is 9.59 Å². The number of carbonyl (C=O) groups is 2. The van der Waals surface area contributed by atoms with Crippen molar-refractivity contribution in [2.75, 3.05) is 24.3 Å². The quantitative estimate of drug-likeness (QED) is 0.558. The van der Waals surface area contributed by atoms with Gasteiger partial charge in [0.1, 0.15) is 11.8 Å². The van der Waals surface area contributed by atoms with Gasteiger partial charge in [-0.1, -0.05) is 13.8 Å². The molecule has 26 heavy (non-hydrogen) atoms. The third-order valence-corrected chi connectivity index (χ3v) is 8.27. The van der Waals surface area contributed by atoms with E-state index in [4.69, 9.17) is 5.26 Å². The first-order valence-electron chi connectivity index (χ1n) is 8.76. The zero-order valence-corrected chi connectivity index (χ0v) is 17.1. The van der Waals surface area contributed by atoms with Crippen LogP contribution in [0.3, 0.4) is 0 Å². The number of amides is 1. The first-order chi connectivity index (χ1) is 12.1. The lowest BCUT2D eigenvalue weighted by atomic mass is 9.70. The van der Waals surface area contributed by atoms with Gasteiger partial charge in [-0.05, 0) is 30.4 Å². The fourth-order valence-corrected chi connectivity index (χ4v) is 7.09. The van der Waals surface area contributed by atoms with Gasteiger partial charge in [0.2, 0.25) is 15.9 Å². The van der Waals surface area contributed by atoms with Crippen LogP contribution in [-0.4, -0.2) is 50.5 Å². The van der Waals surface area contributed by atoms with Crippen LogP contribution < -0.4 is 10.0 Å². The zero-order valence-electron chi connectivity index (χ0n) is 15.5. The van der Waals surface area contributed by atoms with Crippen LogP contribution in [0.2, 0.25) is 0 Å². The molecule has 0 aromatic heterocycles. The highest BCUT2D eigenvalue weighted by Gasteiger charge is 2.65. The Morgan fingerprint density at radius 3 is 2.65 bits per heavy atom. The summed E-state index contributed by atoms with van der Waals surface area (Å²) in [5.41, 5.74) is -1.20. The third-order valence-electron chi connectivity index (χ3n) is 6.08. The van der Waals surface area contributed by atoms with Gasteiger partial charge in [-0.2, -0.15) is 17.0 Å². The molecule has 3 atom stereocenters. The minimum absolute atomic E-state index is 0.0315. The summed E-state index contributed by atoms with van der Waals surface area (Å²) in [7, 11) is -3.82. The second-order valence-electron chi connectivity index (χ2n) is 7.75. The van der Waals surface area contributed by atoms with Crippen LogP contribution in [0.4, 0.5) is 0 Å². The van der Waals surface area contributed by atoms with Crippen LogP contribution in [-0.2, 0) is 19.6 Å². The molecule has 1 amide bonds. The molecule has 2 bridgehead atoms. The molecule has 0 spiro atoms. The Morgan fingerprint density at radius 2 is 2.15 bits per heavy atom. The van der Waals surface area contributed by atoms with Crippen LogP contribution in [0.5, 0.6) is 0 Å². The number of nitrogens with one attached hydrogen (secondary N) is 2. The molecule has 146 valence electrons. The first kappa shape index (κ1) is 21.2. The highest BCUT2D eigenvalue weighted by molar-refractivity contribution is 7.98. The van der Waals surface area contributed by atoms with Gasteiger partial charge in [0, 0.05) is 24.1 Å². The number of hydrogen-bond acceptors (Lipinski definition) is 6. The smallest absolute Gasteiger partial charge is 0.239 e. The normalized spacial score (nSPS) is 27.9. The van der Waals surface area contributed by atoms with Gasteiger partial charge >= 0.3 is 0 Å². The summed E-state index contributed by atoms with van der Waals surface area (Å²) >= 11 is 1.35. The lowest BCUT2D eigenvalue weighted by Crippen LogP contribution is -2.52. The number of rotatable bonds is 9. The minimum Gasteiger partial charge on any atom is -0.354 e. The van der Waals surface area contributed by atoms with Crippen LogP contribution in [0.25, 0.3) is 0 Å². The van der Waals surface area contributed by atoms with Gasteiger partial charge in [-0.25, -0.2) is 13.1 Å². The van der Waals surface area contributed by atoms with E-state index < -0.39 is 27.4 Å². The van der Waals surface area contributed by atoms with E-state index in [0.717, 1.165) is 6.42 Å². The Hall–Kier alpha value is -1.11. The second-order valence-corrected chi connectivity index (χ2v) is 10.4. The molecule has 2 saturated carbocycles. The van der Waals surface area contributed by atoms with E-state index in [1.54, 1.807) is 6.26 Å². The molecule has 3 unspecified atom stereocenters. The summed E-state index contributed by atoms with van der Waals surface area (Å²) in [5, 5.41) is 11.1. The molecule has 2 aliphatic carbocycles. The fraction of sp³-hybridized carbons (Fsp3) is 0.824. The number of fused-ring (bicyclic) bond motifs is 2. The summed E-state index contributed by atoms with van der Waals surface area (Å²) in [6.07, 6.45) is 3.86. The Bertz CT molecular complexity index is 714. The number of sulfonamides is 1. The highest BCUT2D eigenvalue weighted by Crippen LogP contribution is 2.64. The topological polar surface area (TPSA) is 116 Å². The highest BCUT2D eigenvalue weighted by atomic mass is 32.2. The number of Topliss-reactive ketones (excluding diaryl/α,β-unsaturated/α-hetero) is 1. The van der Waals surface area contributed by atoms with Crippen molar-refractivity contribution in [3.63, 3.8) is 0 Å². The van der Waals surface area contributed by atoms with Crippen LogP contribution in [0, 0.1) is 28.1 Å². The maximum absolute atomic E-state index is 12.8. The number of hydrogen-bond donors (Lipinski definition) is 2. The lowest BCUT2D eigenvalue weighted by molar-refractivity contribution is -0.128.